The first-order valence-electron chi connectivity index (χ1n) is 7.88. The van der Waals surface area contributed by atoms with Gasteiger partial charge in [0, 0.05) is 29.1 Å². The molecule has 2 aromatic rings. The summed E-state index contributed by atoms with van der Waals surface area (Å²) >= 11 is 8.08. The molecule has 0 bridgehead atoms. The van der Waals surface area contributed by atoms with Crippen molar-refractivity contribution in [3.8, 4) is 0 Å². The Bertz CT molecular complexity index is 991. The molecule has 3 amide bonds. The van der Waals surface area contributed by atoms with E-state index in [4.69, 9.17) is 11.6 Å². The second-order valence-electron chi connectivity index (χ2n) is 5.52. The molecule has 28 heavy (non-hydrogen) atoms. The van der Waals surface area contributed by atoms with Crippen molar-refractivity contribution in [1.82, 2.24) is 10.2 Å². The summed E-state index contributed by atoms with van der Waals surface area (Å²) in [6.07, 6.45) is 1.64. The fraction of sp³-hybridized carbons (Fsp3) is 0.118. The van der Waals surface area contributed by atoms with E-state index in [0.717, 1.165) is 27.6 Å². The number of benzene rings is 1. The van der Waals surface area contributed by atoms with Crippen molar-refractivity contribution in [2.45, 2.75) is 0 Å². The lowest BCUT2D eigenvalue weighted by molar-refractivity contribution is -0.385. The van der Waals surface area contributed by atoms with Gasteiger partial charge in [0.05, 0.1) is 9.83 Å². The molecule has 0 unspecified atom stereocenters. The lowest BCUT2D eigenvalue weighted by Crippen LogP contribution is -2.37. The number of hydrogen-bond acceptors (Lipinski definition) is 7. The summed E-state index contributed by atoms with van der Waals surface area (Å²) in [5, 5.41) is 15.1. The lowest BCUT2D eigenvalue weighted by Gasteiger charge is -2.13. The van der Waals surface area contributed by atoms with E-state index < -0.39 is 22.0 Å². The number of amides is 3. The predicted molar refractivity (Wildman–Crippen MR) is 107 cm³/mol. The van der Waals surface area contributed by atoms with Gasteiger partial charge in [-0.2, -0.15) is 0 Å². The highest BCUT2D eigenvalue weighted by molar-refractivity contribution is 8.18. The molecule has 0 spiro atoms. The van der Waals surface area contributed by atoms with Crippen LogP contribution in [0.25, 0.3) is 6.08 Å². The van der Waals surface area contributed by atoms with Gasteiger partial charge in [-0.1, -0.05) is 17.7 Å². The molecule has 0 atom stereocenters. The summed E-state index contributed by atoms with van der Waals surface area (Å²) in [7, 11) is 0. The first-order valence-corrected chi connectivity index (χ1v) is 9.95. The van der Waals surface area contributed by atoms with Crippen molar-refractivity contribution in [3.05, 3.63) is 66.2 Å². The van der Waals surface area contributed by atoms with Crippen LogP contribution in [0.3, 0.4) is 0 Å². The van der Waals surface area contributed by atoms with Gasteiger partial charge in [-0.25, -0.2) is 0 Å². The Morgan fingerprint density at radius 3 is 2.79 bits per heavy atom. The highest BCUT2D eigenvalue weighted by Crippen LogP contribution is 2.32. The summed E-state index contributed by atoms with van der Waals surface area (Å²) in [5.41, 5.74) is -0.573. The monoisotopic (exact) mass is 437 g/mol. The van der Waals surface area contributed by atoms with Crippen LogP contribution >= 0.6 is 34.7 Å². The number of carbonyl (C=O) groups is 3. The average molecular weight is 438 g/mol. The summed E-state index contributed by atoms with van der Waals surface area (Å²) in [6, 6.07) is 7.32. The molecule has 11 heteroatoms. The van der Waals surface area contributed by atoms with E-state index in [1.807, 2.05) is 17.5 Å². The highest BCUT2D eigenvalue weighted by atomic mass is 35.5. The van der Waals surface area contributed by atoms with Crippen molar-refractivity contribution in [2.24, 2.45) is 0 Å². The van der Waals surface area contributed by atoms with Crippen molar-refractivity contribution >= 4 is 63.5 Å². The molecule has 1 aliphatic heterocycles. The number of nitro benzene ring substituents is 1. The number of imide groups is 1. The Morgan fingerprint density at radius 2 is 2.11 bits per heavy atom. The minimum absolute atomic E-state index is 0.0488. The van der Waals surface area contributed by atoms with Gasteiger partial charge in [0.2, 0.25) is 0 Å². The Hall–Kier alpha value is -2.69. The van der Waals surface area contributed by atoms with Gasteiger partial charge in [0.15, 0.2) is 0 Å². The molecule has 1 aromatic heterocycles. The third-order valence-electron chi connectivity index (χ3n) is 3.71. The number of hydrogen-bond donors (Lipinski definition) is 1. The zero-order valence-corrected chi connectivity index (χ0v) is 16.5. The number of rotatable bonds is 6. The SMILES string of the molecule is O=C(NCCN1C(=O)S/C(=C\c2cccs2)C1=O)c1cc(Cl)ccc1[N+](=O)[O-]. The minimum Gasteiger partial charge on any atom is -0.350 e. The number of carbonyl (C=O) groups excluding carboxylic acids is 3. The number of nitrogens with zero attached hydrogens (tertiary/aromatic N) is 2. The van der Waals surface area contributed by atoms with Crippen molar-refractivity contribution < 1.29 is 19.3 Å². The van der Waals surface area contributed by atoms with Crippen LogP contribution in [0.15, 0.2) is 40.6 Å². The molecule has 3 rings (SSSR count). The molecule has 0 saturated carbocycles. The minimum atomic E-state index is -0.713. The number of nitro groups is 1. The first-order chi connectivity index (χ1) is 13.4. The van der Waals surface area contributed by atoms with Crippen LogP contribution in [-0.4, -0.2) is 40.0 Å². The predicted octanol–water partition coefficient (Wildman–Crippen LogP) is 3.78. The van der Waals surface area contributed by atoms with Crippen LogP contribution < -0.4 is 5.32 Å². The molecule has 8 nitrogen and oxygen atoms in total. The largest absolute Gasteiger partial charge is 0.350 e. The maximum Gasteiger partial charge on any atom is 0.293 e. The van der Waals surface area contributed by atoms with Crippen LogP contribution in [0.5, 0.6) is 0 Å². The van der Waals surface area contributed by atoms with Gasteiger partial charge in [0.1, 0.15) is 5.56 Å². The average Bonchev–Trinajstić information content (AvgIpc) is 3.25. The van der Waals surface area contributed by atoms with Gasteiger partial charge in [-0.15, -0.1) is 11.3 Å². The molecular formula is C17H12ClN3O5S2. The Kier molecular flexibility index (Phi) is 6.12. The Labute approximate surface area is 172 Å². The van der Waals surface area contributed by atoms with E-state index in [0.29, 0.717) is 4.91 Å². The fourth-order valence-corrected chi connectivity index (χ4v) is 4.18. The summed E-state index contributed by atoms with van der Waals surface area (Å²) in [5.74, 6) is -1.15. The molecular weight excluding hydrogens is 426 g/mol. The standard InChI is InChI=1S/C17H12ClN3O5S2/c18-10-3-4-13(21(25)26)12(8-10)15(22)19-5-6-20-16(23)14(28-17(20)24)9-11-2-1-7-27-11/h1-4,7-9H,5-6H2,(H,19,22)/b14-9-. The first kappa shape index (κ1) is 20.1. The molecule has 1 aliphatic rings. The summed E-state index contributed by atoms with van der Waals surface area (Å²) < 4.78 is 0. The number of nitrogens with one attached hydrogen (secondary N) is 1. The molecule has 0 aliphatic carbocycles. The smallest absolute Gasteiger partial charge is 0.293 e. The van der Waals surface area contributed by atoms with E-state index in [1.54, 1.807) is 6.08 Å². The summed E-state index contributed by atoms with van der Waals surface area (Å²) in [4.78, 5) is 49.3. The lowest BCUT2D eigenvalue weighted by atomic mass is 10.1. The van der Waals surface area contributed by atoms with Gasteiger partial charge in [-0.3, -0.25) is 29.4 Å². The van der Waals surface area contributed by atoms with Crippen LogP contribution in [0, 0.1) is 10.1 Å². The van der Waals surface area contributed by atoms with Gasteiger partial charge >= 0.3 is 0 Å². The number of thiophene rings is 1. The number of halogens is 1. The van der Waals surface area contributed by atoms with Crippen molar-refractivity contribution in [1.29, 1.82) is 0 Å². The van der Waals surface area contributed by atoms with E-state index >= 15 is 0 Å². The van der Waals surface area contributed by atoms with E-state index in [9.17, 15) is 24.5 Å². The molecule has 0 radical (unpaired) electrons. The highest BCUT2D eigenvalue weighted by Gasteiger charge is 2.34. The van der Waals surface area contributed by atoms with Crippen LogP contribution in [0.2, 0.25) is 5.02 Å². The normalized spacial score (nSPS) is 15.3. The molecule has 1 aromatic carbocycles. The second kappa shape index (κ2) is 8.55. The number of thioether (sulfide) groups is 1. The van der Waals surface area contributed by atoms with Gasteiger partial charge in [-0.05, 0) is 41.4 Å². The van der Waals surface area contributed by atoms with Crippen LogP contribution in [0.4, 0.5) is 10.5 Å². The molecule has 1 N–H and O–H groups in total. The second-order valence-corrected chi connectivity index (χ2v) is 7.93. The Morgan fingerprint density at radius 1 is 1.32 bits per heavy atom. The Balaban J connectivity index is 1.63. The summed E-state index contributed by atoms with van der Waals surface area (Å²) in [6.45, 7) is -0.0978. The topological polar surface area (TPSA) is 110 Å². The third kappa shape index (κ3) is 4.41. The zero-order valence-electron chi connectivity index (χ0n) is 14.1. The van der Waals surface area contributed by atoms with Crippen molar-refractivity contribution in [3.63, 3.8) is 0 Å². The van der Waals surface area contributed by atoms with E-state index in [-0.39, 0.29) is 29.4 Å². The van der Waals surface area contributed by atoms with Crippen molar-refractivity contribution in [2.75, 3.05) is 13.1 Å². The quantitative estimate of drug-likeness (QED) is 0.418. The zero-order chi connectivity index (χ0) is 20.3. The van der Waals surface area contributed by atoms with E-state index in [1.165, 1.54) is 23.5 Å². The molecule has 1 fully saturated rings. The maximum absolute atomic E-state index is 12.4. The van der Waals surface area contributed by atoms with Crippen LogP contribution in [0.1, 0.15) is 15.2 Å². The maximum atomic E-state index is 12.4. The fourth-order valence-electron chi connectivity index (χ4n) is 2.42. The molecule has 1 saturated heterocycles. The molecule has 144 valence electrons. The molecule has 2 heterocycles. The van der Waals surface area contributed by atoms with E-state index in [2.05, 4.69) is 5.32 Å². The van der Waals surface area contributed by atoms with Gasteiger partial charge in [0.25, 0.3) is 22.7 Å². The van der Waals surface area contributed by atoms with Gasteiger partial charge < -0.3 is 5.32 Å². The van der Waals surface area contributed by atoms with Crippen LogP contribution in [-0.2, 0) is 4.79 Å². The third-order valence-corrected chi connectivity index (χ3v) is 5.67.